The van der Waals surface area contributed by atoms with Gasteiger partial charge in [0.1, 0.15) is 5.70 Å². The Morgan fingerprint density at radius 2 is 1.84 bits per heavy atom. The first-order valence-corrected chi connectivity index (χ1v) is 12.6. The van der Waals surface area contributed by atoms with Crippen LogP contribution >= 0.6 is 11.6 Å². The molecule has 1 fully saturated rings. The fourth-order valence-electron chi connectivity index (χ4n) is 5.40. The summed E-state index contributed by atoms with van der Waals surface area (Å²) >= 11 is 6.15. The maximum Gasteiger partial charge on any atom is 0.273 e. The van der Waals surface area contributed by atoms with Gasteiger partial charge in [-0.25, -0.2) is 0 Å². The van der Waals surface area contributed by atoms with E-state index in [1.54, 1.807) is 51.9 Å². The lowest BCUT2D eigenvalue weighted by atomic mass is 9.83. The Kier molecular flexibility index (Phi) is 6.86. The minimum absolute atomic E-state index is 0.00230. The van der Waals surface area contributed by atoms with Crippen LogP contribution in [0.15, 0.2) is 71.2 Å². The quantitative estimate of drug-likeness (QED) is 0.301. The second-order valence-electron chi connectivity index (χ2n) is 9.68. The Morgan fingerprint density at radius 3 is 2.61 bits per heavy atom. The largest absolute Gasteiger partial charge is 0.336 e. The van der Waals surface area contributed by atoms with Crippen molar-refractivity contribution in [1.82, 2.24) is 14.8 Å². The monoisotopic (exact) mass is 532 g/mol. The molecule has 2 bridgehead atoms. The van der Waals surface area contributed by atoms with Gasteiger partial charge in [-0.3, -0.25) is 24.5 Å². The molecule has 2 aromatic carbocycles. The number of hydrogen-bond acceptors (Lipinski definition) is 5. The lowest BCUT2D eigenvalue weighted by Gasteiger charge is -2.43. The Balaban J connectivity index is 1.47. The summed E-state index contributed by atoms with van der Waals surface area (Å²) in [7, 11) is 0. The first-order valence-electron chi connectivity index (χ1n) is 12.2. The van der Waals surface area contributed by atoms with Gasteiger partial charge in [0.05, 0.1) is 4.92 Å². The predicted molar refractivity (Wildman–Crippen MR) is 143 cm³/mol. The average molecular weight is 533 g/mol. The lowest BCUT2D eigenvalue weighted by Crippen LogP contribution is -2.50. The van der Waals surface area contributed by atoms with Crippen LogP contribution in [0, 0.1) is 23.0 Å². The molecule has 2 aliphatic heterocycles. The molecule has 1 aromatic heterocycles. The summed E-state index contributed by atoms with van der Waals surface area (Å²) in [5.74, 6) is -0.889. The van der Waals surface area contributed by atoms with Crippen LogP contribution in [-0.4, -0.2) is 39.3 Å². The van der Waals surface area contributed by atoms with Gasteiger partial charge in [-0.05, 0) is 55.2 Å². The third-order valence-corrected chi connectivity index (χ3v) is 7.39. The third kappa shape index (κ3) is 4.97. The number of carbonyl (C=O) groups is 2. The van der Waals surface area contributed by atoms with Gasteiger partial charge >= 0.3 is 0 Å². The van der Waals surface area contributed by atoms with Crippen LogP contribution in [0.5, 0.6) is 0 Å². The Hall–Kier alpha value is -4.24. The smallest absolute Gasteiger partial charge is 0.273 e. The second kappa shape index (κ2) is 10.3. The van der Waals surface area contributed by atoms with E-state index >= 15 is 0 Å². The van der Waals surface area contributed by atoms with Crippen molar-refractivity contribution in [2.45, 2.75) is 25.8 Å². The van der Waals surface area contributed by atoms with Gasteiger partial charge in [0.25, 0.3) is 23.1 Å². The molecule has 0 radical (unpaired) electrons. The molecule has 10 heteroatoms. The molecule has 1 N–H and O–H groups in total. The number of piperidine rings is 1. The lowest BCUT2D eigenvalue weighted by molar-refractivity contribution is -0.385. The fraction of sp³-hybridized carbons (Fsp3) is 0.250. The number of pyridine rings is 1. The van der Waals surface area contributed by atoms with Gasteiger partial charge in [0.15, 0.2) is 0 Å². The standard InChI is InChI=1S/C28H25ClN4O5/c1-17-22(7-3-8-24(17)33(37)38)27(35)30-23(13-18-5-2-6-21(29)12-18)28(36)31-14-19-11-20(16-31)25-9-4-10-26(34)32(25)15-19/h2-10,12-13,19-20H,11,14-16H2,1H3,(H,30,35). The molecule has 2 atom stereocenters. The number of halogens is 1. The molecule has 3 heterocycles. The average Bonchev–Trinajstić information content (AvgIpc) is 2.88. The number of amides is 2. The molecule has 2 aliphatic rings. The Labute approximate surface area is 223 Å². The number of nitrogens with one attached hydrogen (secondary N) is 1. The van der Waals surface area contributed by atoms with E-state index in [1.165, 1.54) is 25.1 Å². The van der Waals surface area contributed by atoms with Crippen molar-refractivity contribution < 1.29 is 14.5 Å². The van der Waals surface area contributed by atoms with Crippen molar-refractivity contribution >= 4 is 35.2 Å². The zero-order valence-electron chi connectivity index (χ0n) is 20.6. The van der Waals surface area contributed by atoms with E-state index in [2.05, 4.69) is 5.32 Å². The Bertz CT molecular complexity index is 1550. The number of hydrogen-bond donors (Lipinski definition) is 1. The molecule has 5 rings (SSSR count). The number of likely N-dealkylation sites (tertiary alicyclic amines) is 1. The number of aromatic nitrogens is 1. The highest BCUT2D eigenvalue weighted by atomic mass is 35.5. The van der Waals surface area contributed by atoms with Crippen LogP contribution in [0.1, 0.15) is 39.5 Å². The summed E-state index contributed by atoms with van der Waals surface area (Å²) in [5.41, 5.74) is 1.65. The van der Waals surface area contributed by atoms with Crippen molar-refractivity contribution in [2.75, 3.05) is 13.1 Å². The van der Waals surface area contributed by atoms with Crippen molar-refractivity contribution in [3.8, 4) is 0 Å². The highest BCUT2D eigenvalue weighted by Crippen LogP contribution is 2.35. The molecule has 2 unspecified atom stereocenters. The van der Waals surface area contributed by atoms with Crippen molar-refractivity contribution in [1.29, 1.82) is 0 Å². The van der Waals surface area contributed by atoms with Crippen LogP contribution in [0.3, 0.4) is 0 Å². The molecule has 38 heavy (non-hydrogen) atoms. The van der Waals surface area contributed by atoms with Gasteiger partial charge in [0.2, 0.25) is 0 Å². The van der Waals surface area contributed by atoms with E-state index in [4.69, 9.17) is 11.6 Å². The number of rotatable bonds is 5. The van der Waals surface area contributed by atoms with Crippen LogP contribution in [0.4, 0.5) is 5.69 Å². The number of nitrogens with zero attached hydrogens (tertiary/aromatic N) is 3. The maximum absolute atomic E-state index is 13.9. The summed E-state index contributed by atoms with van der Waals surface area (Å²) in [6.45, 7) is 2.87. The highest BCUT2D eigenvalue weighted by Gasteiger charge is 2.37. The van der Waals surface area contributed by atoms with Gasteiger partial charge < -0.3 is 14.8 Å². The summed E-state index contributed by atoms with van der Waals surface area (Å²) in [5, 5.41) is 14.6. The van der Waals surface area contributed by atoms with E-state index in [0.29, 0.717) is 30.2 Å². The fourth-order valence-corrected chi connectivity index (χ4v) is 5.60. The molecule has 0 saturated carbocycles. The molecule has 0 aliphatic carbocycles. The third-order valence-electron chi connectivity index (χ3n) is 7.15. The summed E-state index contributed by atoms with van der Waals surface area (Å²) in [4.78, 5) is 52.1. The van der Waals surface area contributed by atoms with Crippen molar-refractivity contribution in [3.63, 3.8) is 0 Å². The van der Waals surface area contributed by atoms with Crippen LogP contribution in [0.25, 0.3) is 6.08 Å². The number of nitro groups is 1. The predicted octanol–water partition coefficient (Wildman–Crippen LogP) is 4.14. The number of carbonyl (C=O) groups excluding carboxylic acids is 2. The molecular weight excluding hydrogens is 508 g/mol. The molecule has 1 saturated heterocycles. The number of fused-ring (bicyclic) bond motifs is 4. The zero-order chi connectivity index (χ0) is 27.0. The van der Waals surface area contributed by atoms with E-state index in [9.17, 15) is 24.5 Å². The maximum atomic E-state index is 13.9. The number of nitro benzene ring substituents is 1. The topological polar surface area (TPSA) is 115 Å². The molecule has 2 amide bonds. The summed E-state index contributed by atoms with van der Waals surface area (Å²) in [6.07, 6.45) is 2.43. The molecular formula is C28H25ClN4O5. The molecule has 194 valence electrons. The highest BCUT2D eigenvalue weighted by molar-refractivity contribution is 6.30. The second-order valence-corrected chi connectivity index (χ2v) is 10.1. The summed E-state index contributed by atoms with van der Waals surface area (Å²) in [6, 6.07) is 16.3. The van der Waals surface area contributed by atoms with E-state index < -0.39 is 10.8 Å². The van der Waals surface area contributed by atoms with Gasteiger partial charge in [-0.15, -0.1) is 0 Å². The van der Waals surface area contributed by atoms with E-state index in [0.717, 1.165) is 12.1 Å². The first kappa shape index (κ1) is 25.4. The van der Waals surface area contributed by atoms with Crippen molar-refractivity contribution in [2.24, 2.45) is 5.92 Å². The van der Waals surface area contributed by atoms with Crippen molar-refractivity contribution in [3.05, 3.63) is 114 Å². The van der Waals surface area contributed by atoms with Gasteiger partial charge in [-0.1, -0.05) is 35.9 Å². The number of benzene rings is 2. The minimum atomic E-state index is -0.623. The normalized spacial score (nSPS) is 18.5. The molecule has 3 aromatic rings. The van der Waals surface area contributed by atoms with Gasteiger partial charge in [0, 0.05) is 59.5 Å². The molecule has 0 spiro atoms. The summed E-state index contributed by atoms with van der Waals surface area (Å²) < 4.78 is 1.79. The Morgan fingerprint density at radius 1 is 1.08 bits per heavy atom. The minimum Gasteiger partial charge on any atom is -0.336 e. The molecule has 9 nitrogen and oxygen atoms in total. The zero-order valence-corrected chi connectivity index (χ0v) is 21.4. The van der Waals surface area contributed by atoms with E-state index in [1.807, 2.05) is 6.07 Å². The van der Waals surface area contributed by atoms with Crippen LogP contribution in [-0.2, 0) is 11.3 Å². The van der Waals surface area contributed by atoms with Gasteiger partial charge in [-0.2, -0.15) is 0 Å². The first-order chi connectivity index (χ1) is 18.2. The van der Waals surface area contributed by atoms with E-state index in [-0.39, 0.29) is 45.8 Å². The van der Waals surface area contributed by atoms with Crippen LogP contribution < -0.4 is 10.9 Å². The SMILES string of the molecule is Cc1c(C(=O)NC(=Cc2cccc(Cl)c2)C(=O)N2CC3CC(C2)c2cccc(=O)n2C3)cccc1[N+](=O)[O-]. The van der Waals surface area contributed by atoms with Crippen LogP contribution in [0.2, 0.25) is 5.02 Å².